The molecular formula is C17H23N3O. The highest BCUT2D eigenvalue weighted by molar-refractivity contribution is 5.84. The number of fused-ring (bicyclic) bond motifs is 1. The van der Waals surface area contributed by atoms with Crippen LogP contribution < -0.4 is 5.32 Å². The van der Waals surface area contributed by atoms with Crippen molar-refractivity contribution in [2.45, 2.75) is 38.6 Å². The summed E-state index contributed by atoms with van der Waals surface area (Å²) in [5.41, 5.74) is 2.32. The number of nitrogens with one attached hydrogen (secondary N) is 2. The van der Waals surface area contributed by atoms with E-state index >= 15 is 0 Å². The minimum Gasteiger partial charge on any atom is -0.361 e. The molecule has 1 aliphatic heterocycles. The fourth-order valence-corrected chi connectivity index (χ4v) is 3.03. The Kier molecular flexibility index (Phi) is 3.40. The number of rotatable bonds is 1. The van der Waals surface area contributed by atoms with Gasteiger partial charge in [-0.2, -0.15) is 0 Å². The fourth-order valence-electron chi connectivity index (χ4n) is 3.03. The average molecular weight is 285 g/mol. The van der Waals surface area contributed by atoms with Gasteiger partial charge >= 0.3 is 6.03 Å². The Bertz CT molecular complexity index is 653. The molecule has 1 unspecified atom stereocenters. The molecule has 1 aromatic carbocycles. The van der Waals surface area contributed by atoms with Crippen molar-refractivity contribution in [1.82, 2.24) is 15.2 Å². The minimum atomic E-state index is -0.185. The van der Waals surface area contributed by atoms with Crippen LogP contribution in [0.2, 0.25) is 0 Å². The van der Waals surface area contributed by atoms with E-state index in [1.165, 1.54) is 16.5 Å². The molecule has 1 aromatic heterocycles. The first-order valence-corrected chi connectivity index (χ1v) is 7.57. The summed E-state index contributed by atoms with van der Waals surface area (Å²) in [6.07, 6.45) is 3.12. The largest absolute Gasteiger partial charge is 0.361 e. The van der Waals surface area contributed by atoms with Gasteiger partial charge in [-0.15, -0.1) is 0 Å². The first kappa shape index (κ1) is 14.0. The van der Waals surface area contributed by atoms with Gasteiger partial charge in [0.05, 0.1) is 0 Å². The number of carbonyl (C=O) groups excluding carboxylic acids is 1. The molecule has 0 radical (unpaired) electrons. The number of aromatic nitrogens is 1. The lowest BCUT2D eigenvalue weighted by molar-refractivity contribution is 0.199. The Morgan fingerprint density at radius 1 is 1.33 bits per heavy atom. The van der Waals surface area contributed by atoms with Crippen molar-refractivity contribution in [3.8, 4) is 0 Å². The predicted molar refractivity (Wildman–Crippen MR) is 85.5 cm³/mol. The first-order valence-electron chi connectivity index (χ1n) is 7.57. The second kappa shape index (κ2) is 5.10. The first-order chi connectivity index (χ1) is 9.94. The number of H-pyrrole nitrogens is 1. The third kappa shape index (κ3) is 2.89. The molecule has 3 rings (SSSR count). The molecule has 0 bridgehead atoms. The van der Waals surface area contributed by atoms with E-state index in [1.54, 1.807) is 0 Å². The maximum Gasteiger partial charge on any atom is 0.317 e. The van der Waals surface area contributed by atoms with Crippen LogP contribution >= 0.6 is 0 Å². The highest BCUT2D eigenvalue weighted by atomic mass is 16.2. The van der Waals surface area contributed by atoms with Crippen LogP contribution in [0.1, 0.15) is 38.7 Å². The molecule has 1 fully saturated rings. The van der Waals surface area contributed by atoms with Gasteiger partial charge in [0, 0.05) is 41.6 Å². The molecule has 1 saturated heterocycles. The summed E-state index contributed by atoms with van der Waals surface area (Å²) in [4.78, 5) is 17.5. The van der Waals surface area contributed by atoms with E-state index in [4.69, 9.17) is 0 Å². The predicted octanol–water partition coefficient (Wildman–Crippen LogP) is 3.47. The van der Waals surface area contributed by atoms with Gasteiger partial charge in [-0.05, 0) is 38.8 Å². The molecular weight excluding hydrogens is 262 g/mol. The second-order valence-electron chi connectivity index (χ2n) is 6.90. The summed E-state index contributed by atoms with van der Waals surface area (Å²) in [5.74, 6) is 0.423. The van der Waals surface area contributed by atoms with Crippen molar-refractivity contribution >= 4 is 16.9 Å². The zero-order valence-corrected chi connectivity index (χ0v) is 12.9. The Balaban J connectivity index is 1.74. The van der Waals surface area contributed by atoms with Gasteiger partial charge in [0.15, 0.2) is 0 Å². The van der Waals surface area contributed by atoms with Gasteiger partial charge in [0.1, 0.15) is 0 Å². The highest BCUT2D eigenvalue weighted by Gasteiger charge is 2.30. The van der Waals surface area contributed by atoms with E-state index in [2.05, 4.69) is 34.7 Å². The van der Waals surface area contributed by atoms with E-state index in [0.717, 1.165) is 19.5 Å². The van der Waals surface area contributed by atoms with Crippen LogP contribution in [-0.4, -0.2) is 34.5 Å². The van der Waals surface area contributed by atoms with Crippen molar-refractivity contribution in [2.24, 2.45) is 0 Å². The second-order valence-corrected chi connectivity index (χ2v) is 6.90. The zero-order chi connectivity index (χ0) is 15.0. The topological polar surface area (TPSA) is 48.1 Å². The van der Waals surface area contributed by atoms with Crippen molar-refractivity contribution in [3.63, 3.8) is 0 Å². The molecule has 112 valence electrons. The Labute approximate surface area is 125 Å². The lowest BCUT2D eigenvalue weighted by Crippen LogP contribution is -2.47. The third-order valence-electron chi connectivity index (χ3n) is 4.02. The van der Waals surface area contributed by atoms with Crippen molar-refractivity contribution in [1.29, 1.82) is 0 Å². The van der Waals surface area contributed by atoms with E-state index in [0.29, 0.717) is 5.92 Å². The van der Waals surface area contributed by atoms with Crippen LogP contribution in [0.5, 0.6) is 0 Å². The highest BCUT2D eigenvalue weighted by Crippen LogP contribution is 2.32. The summed E-state index contributed by atoms with van der Waals surface area (Å²) in [6.45, 7) is 7.66. The lowest BCUT2D eigenvalue weighted by atomic mass is 9.98. The van der Waals surface area contributed by atoms with Crippen molar-refractivity contribution in [2.75, 3.05) is 13.1 Å². The van der Waals surface area contributed by atoms with Crippen LogP contribution in [0.15, 0.2) is 30.5 Å². The number of hydrogen-bond acceptors (Lipinski definition) is 1. The molecule has 21 heavy (non-hydrogen) atoms. The molecule has 2 amide bonds. The fraction of sp³-hybridized carbons (Fsp3) is 0.471. The Morgan fingerprint density at radius 2 is 2.10 bits per heavy atom. The molecule has 4 nitrogen and oxygen atoms in total. The summed E-state index contributed by atoms with van der Waals surface area (Å²) in [7, 11) is 0. The monoisotopic (exact) mass is 285 g/mol. The van der Waals surface area contributed by atoms with Gasteiger partial charge < -0.3 is 15.2 Å². The number of benzene rings is 1. The number of likely N-dealkylation sites (tertiary alicyclic amines) is 1. The SMILES string of the molecule is CC(C)(C)NC(=O)N1CCC(c2c[nH]c3ccccc23)C1. The molecule has 1 atom stereocenters. The minimum absolute atomic E-state index is 0.0461. The van der Waals surface area contributed by atoms with Gasteiger partial charge in [0.2, 0.25) is 0 Å². The van der Waals surface area contributed by atoms with Crippen LogP contribution in [-0.2, 0) is 0 Å². The number of hydrogen-bond donors (Lipinski definition) is 2. The number of carbonyl (C=O) groups is 1. The van der Waals surface area contributed by atoms with E-state index < -0.39 is 0 Å². The average Bonchev–Trinajstić information content (AvgIpc) is 3.03. The summed E-state index contributed by atoms with van der Waals surface area (Å²) < 4.78 is 0. The van der Waals surface area contributed by atoms with E-state index in [1.807, 2.05) is 31.7 Å². The maximum atomic E-state index is 12.2. The van der Waals surface area contributed by atoms with E-state index in [9.17, 15) is 4.79 Å². The standard InChI is InChI=1S/C17H23N3O/c1-17(2,3)19-16(21)20-9-8-12(11-20)14-10-18-15-7-5-4-6-13(14)15/h4-7,10,12,18H,8-9,11H2,1-3H3,(H,19,21). The van der Waals surface area contributed by atoms with Gasteiger partial charge in [0.25, 0.3) is 0 Å². The molecule has 2 heterocycles. The number of urea groups is 1. The number of aromatic amines is 1. The van der Waals surface area contributed by atoms with Gasteiger partial charge in [-0.25, -0.2) is 4.79 Å². The zero-order valence-electron chi connectivity index (χ0n) is 12.9. The molecule has 0 saturated carbocycles. The van der Waals surface area contributed by atoms with Crippen LogP contribution in [0.25, 0.3) is 10.9 Å². The quantitative estimate of drug-likeness (QED) is 0.828. The maximum absolute atomic E-state index is 12.2. The molecule has 2 aromatic rings. The molecule has 4 heteroatoms. The smallest absolute Gasteiger partial charge is 0.317 e. The van der Waals surface area contributed by atoms with E-state index in [-0.39, 0.29) is 11.6 Å². The molecule has 0 spiro atoms. The lowest BCUT2D eigenvalue weighted by Gasteiger charge is -2.25. The molecule has 2 N–H and O–H groups in total. The van der Waals surface area contributed by atoms with Crippen molar-refractivity contribution in [3.05, 3.63) is 36.0 Å². The van der Waals surface area contributed by atoms with Crippen LogP contribution in [0.4, 0.5) is 4.79 Å². The van der Waals surface area contributed by atoms with Crippen LogP contribution in [0, 0.1) is 0 Å². The summed E-state index contributed by atoms with van der Waals surface area (Å²) in [5, 5.41) is 4.32. The van der Waals surface area contributed by atoms with Crippen molar-refractivity contribution < 1.29 is 4.79 Å². The van der Waals surface area contributed by atoms with Gasteiger partial charge in [-0.3, -0.25) is 0 Å². The number of amides is 2. The normalized spacial score (nSPS) is 19.2. The summed E-state index contributed by atoms with van der Waals surface area (Å²) in [6, 6.07) is 8.40. The van der Waals surface area contributed by atoms with Gasteiger partial charge in [-0.1, -0.05) is 18.2 Å². The molecule has 1 aliphatic rings. The summed E-state index contributed by atoms with van der Waals surface area (Å²) >= 11 is 0. The Hall–Kier alpha value is -1.97. The number of para-hydroxylation sites is 1. The Morgan fingerprint density at radius 3 is 2.86 bits per heavy atom. The third-order valence-corrected chi connectivity index (χ3v) is 4.02. The van der Waals surface area contributed by atoms with Crippen LogP contribution in [0.3, 0.4) is 0 Å². The molecule has 0 aliphatic carbocycles. The number of nitrogens with zero attached hydrogens (tertiary/aromatic N) is 1.